The molecule has 0 saturated heterocycles. The molecule has 0 spiro atoms. The number of nitrogens with zero attached hydrogens (tertiary/aromatic N) is 1. The standard InChI is InChI=1S/C10H10ClNO/c1-13-7-8-4-2-3-5-9(8)10(11)6-12/h2-5,10H,7H2,1H3. The van der Waals surface area contributed by atoms with Crippen molar-refractivity contribution in [3.05, 3.63) is 35.4 Å². The zero-order valence-electron chi connectivity index (χ0n) is 7.33. The molecule has 0 aliphatic rings. The number of benzene rings is 1. The third-order valence-electron chi connectivity index (χ3n) is 1.74. The predicted molar refractivity (Wildman–Crippen MR) is 51.4 cm³/mol. The van der Waals surface area contributed by atoms with E-state index < -0.39 is 5.38 Å². The maximum atomic E-state index is 8.66. The molecule has 0 bridgehead atoms. The van der Waals surface area contributed by atoms with Gasteiger partial charge in [-0.05, 0) is 11.1 Å². The topological polar surface area (TPSA) is 33.0 Å². The quantitative estimate of drug-likeness (QED) is 0.695. The van der Waals surface area contributed by atoms with Gasteiger partial charge in [0.15, 0.2) is 0 Å². The minimum atomic E-state index is -0.591. The first-order chi connectivity index (χ1) is 6.29. The van der Waals surface area contributed by atoms with E-state index in [0.717, 1.165) is 11.1 Å². The third kappa shape index (κ3) is 2.45. The molecule has 0 aliphatic carbocycles. The lowest BCUT2D eigenvalue weighted by atomic mass is 10.1. The molecule has 0 aromatic heterocycles. The van der Waals surface area contributed by atoms with Gasteiger partial charge in [0.25, 0.3) is 0 Å². The van der Waals surface area contributed by atoms with Crippen molar-refractivity contribution in [3.63, 3.8) is 0 Å². The summed E-state index contributed by atoms with van der Waals surface area (Å²) in [4.78, 5) is 0. The Hall–Kier alpha value is -1.04. The molecule has 0 amide bonds. The molecule has 68 valence electrons. The minimum absolute atomic E-state index is 0.487. The SMILES string of the molecule is COCc1ccccc1C(Cl)C#N. The van der Waals surface area contributed by atoms with Crippen LogP contribution in [0.1, 0.15) is 16.5 Å². The number of nitriles is 1. The van der Waals surface area contributed by atoms with Gasteiger partial charge in [0.05, 0.1) is 12.7 Å². The molecule has 2 nitrogen and oxygen atoms in total. The molecule has 1 atom stereocenters. The van der Waals surface area contributed by atoms with Gasteiger partial charge in [-0.1, -0.05) is 24.3 Å². The van der Waals surface area contributed by atoms with E-state index in [1.54, 1.807) is 7.11 Å². The van der Waals surface area contributed by atoms with Gasteiger partial charge in [0.1, 0.15) is 5.38 Å². The average Bonchev–Trinajstić information content (AvgIpc) is 2.18. The van der Waals surface area contributed by atoms with E-state index in [1.165, 1.54) is 0 Å². The Kier molecular flexibility index (Phi) is 3.75. The Labute approximate surface area is 82.7 Å². The van der Waals surface area contributed by atoms with E-state index in [-0.39, 0.29) is 0 Å². The van der Waals surface area contributed by atoms with Gasteiger partial charge in [-0.15, -0.1) is 11.6 Å². The van der Waals surface area contributed by atoms with Gasteiger partial charge < -0.3 is 4.74 Å². The molecular weight excluding hydrogens is 186 g/mol. The highest BCUT2D eigenvalue weighted by Crippen LogP contribution is 2.23. The minimum Gasteiger partial charge on any atom is -0.380 e. The van der Waals surface area contributed by atoms with E-state index in [4.69, 9.17) is 21.6 Å². The Morgan fingerprint density at radius 3 is 2.85 bits per heavy atom. The van der Waals surface area contributed by atoms with E-state index in [9.17, 15) is 0 Å². The van der Waals surface area contributed by atoms with Crippen LogP contribution in [-0.2, 0) is 11.3 Å². The first kappa shape index (κ1) is 10.0. The van der Waals surface area contributed by atoms with Crippen LogP contribution in [0, 0.1) is 11.3 Å². The molecule has 0 aliphatic heterocycles. The number of hydrogen-bond acceptors (Lipinski definition) is 2. The predicted octanol–water partition coefficient (Wildman–Crippen LogP) is 2.64. The zero-order valence-corrected chi connectivity index (χ0v) is 8.08. The highest BCUT2D eigenvalue weighted by atomic mass is 35.5. The summed E-state index contributed by atoms with van der Waals surface area (Å²) in [6.07, 6.45) is 0. The normalized spacial score (nSPS) is 12.1. The molecule has 0 N–H and O–H groups in total. The number of methoxy groups -OCH3 is 1. The van der Waals surface area contributed by atoms with Crippen LogP contribution >= 0.6 is 11.6 Å². The van der Waals surface area contributed by atoms with Crippen LogP contribution in [0.15, 0.2) is 24.3 Å². The van der Waals surface area contributed by atoms with Gasteiger partial charge in [-0.2, -0.15) is 5.26 Å². The molecule has 0 saturated carbocycles. The second kappa shape index (κ2) is 4.86. The molecule has 1 aromatic rings. The van der Waals surface area contributed by atoms with Crippen molar-refractivity contribution in [1.29, 1.82) is 5.26 Å². The lowest BCUT2D eigenvalue weighted by Crippen LogP contribution is -1.96. The van der Waals surface area contributed by atoms with Crippen LogP contribution in [0.4, 0.5) is 0 Å². The maximum absolute atomic E-state index is 8.66. The molecule has 0 heterocycles. The van der Waals surface area contributed by atoms with Crippen molar-refractivity contribution >= 4 is 11.6 Å². The van der Waals surface area contributed by atoms with Crippen molar-refractivity contribution in [2.24, 2.45) is 0 Å². The molecule has 0 radical (unpaired) electrons. The van der Waals surface area contributed by atoms with Gasteiger partial charge in [0.2, 0.25) is 0 Å². The van der Waals surface area contributed by atoms with Gasteiger partial charge in [-0.3, -0.25) is 0 Å². The van der Waals surface area contributed by atoms with E-state index >= 15 is 0 Å². The second-order valence-electron chi connectivity index (χ2n) is 2.62. The lowest BCUT2D eigenvalue weighted by Gasteiger charge is -2.07. The van der Waals surface area contributed by atoms with Crippen LogP contribution in [-0.4, -0.2) is 7.11 Å². The van der Waals surface area contributed by atoms with Crippen molar-refractivity contribution in [3.8, 4) is 6.07 Å². The van der Waals surface area contributed by atoms with E-state index in [2.05, 4.69) is 0 Å². The lowest BCUT2D eigenvalue weighted by molar-refractivity contribution is 0.184. The van der Waals surface area contributed by atoms with Crippen LogP contribution in [0.25, 0.3) is 0 Å². The van der Waals surface area contributed by atoms with Crippen molar-refractivity contribution in [1.82, 2.24) is 0 Å². The molecule has 1 unspecified atom stereocenters. The number of alkyl halides is 1. The van der Waals surface area contributed by atoms with E-state index in [1.807, 2.05) is 30.3 Å². The monoisotopic (exact) mass is 195 g/mol. The summed E-state index contributed by atoms with van der Waals surface area (Å²) >= 11 is 5.81. The Morgan fingerprint density at radius 2 is 2.23 bits per heavy atom. The van der Waals surface area contributed by atoms with Crippen molar-refractivity contribution in [2.45, 2.75) is 12.0 Å². The van der Waals surface area contributed by atoms with E-state index in [0.29, 0.717) is 6.61 Å². The highest BCUT2D eigenvalue weighted by Gasteiger charge is 2.10. The Balaban J connectivity index is 2.98. The number of ether oxygens (including phenoxy) is 1. The van der Waals surface area contributed by atoms with Crippen molar-refractivity contribution in [2.75, 3.05) is 7.11 Å². The average molecular weight is 196 g/mol. The first-order valence-electron chi connectivity index (χ1n) is 3.90. The summed E-state index contributed by atoms with van der Waals surface area (Å²) in [5, 5.41) is 8.07. The fourth-order valence-electron chi connectivity index (χ4n) is 1.14. The second-order valence-corrected chi connectivity index (χ2v) is 3.06. The molecule has 1 rings (SSSR count). The van der Waals surface area contributed by atoms with Crippen LogP contribution < -0.4 is 0 Å². The van der Waals surface area contributed by atoms with Gasteiger partial charge >= 0.3 is 0 Å². The summed E-state index contributed by atoms with van der Waals surface area (Å²) < 4.78 is 5.00. The van der Waals surface area contributed by atoms with Crippen molar-refractivity contribution < 1.29 is 4.74 Å². The molecule has 13 heavy (non-hydrogen) atoms. The fraction of sp³-hybridized carbons (Fsp3) is 0.300. The number of rotatable bonds is 3. The Morgan fingerprint density at radius 1 is 1.54 bits per heavy atom. The zero-order chi connectivity index (χ0) is 9.68. The summed E-state index contributed by atoms with van der Waals surface area (Å²) in [6.45, 7) is 0.487. The largest absolute Gasteiger partial charge is 0.380 e. The van der Waals surface area contributed by atoms with Crippen LogP contribution in [0.3, 0.4) is 0 Å². The summed E-state index contributed by atoms with van der Waals surface area (Å²) in [6, 6.07) is 9.50. The number of halogens is 1. The summed E-state index contributed by atoms with van der Waals surface area (Å²) in [7, 11) is 1.62. The van der Waals surface area contributed by atoms with Gasteiger partial charge in [-0.25, -0.2) is 0 Å². The molecule has 0 fully saturated rings. The smallest absolute Gasteiger partial charge is 0.145 e. The maximum Gasteiger partial charge on any atom is 0.145 e. The van der Waals surface area contributed by atoms with Gasteiger partial charge in [0, 0.05) is 7.11 Å². The molecule has 1 aromatic carbocycles. The summed E-state index contributed by atoms with van der Waals surface area (Å²) in [5.41, 5.74) is 1.79. The number of hydrogen-bond donors (Lipinski definition) is 0. The molecule has 3 heteroatoms. The Bertz CT molecular complexity index is 319. The first-order valence-corrected chi connectivity index (χ1v) is 4.33. The molecular formula is C10H10ClNO. The van der Waals surface area contributed by atoms with Crippen LogP contribution in [0.2, 0.25) is 0 Å². The highest BCUT2D eigenvalue weighted by molar-refractivity contribution is 6.22. The third-order valence-corrected chi connectivity index (χ3v) is 2.07. The van der Waals surface area contributed by atoms with Crippen LogP contribution in [0.5, 0.6) is 0 Å². The fourth-order valence-corrected chi connectivity index (χ4v) is 1.35. The summed E-state index contributed by atoms with van der Waals surface area (Å²) in [5.74, 6) is 0.